The van der Waals surface area contributed by atoms with E-state index in [1.165, 1.54) is 6.07 Å². The molecular weight excluding hydrogens is 326 g/mol. The molecule has 0 atom stereocenters. The molecule has 1 heterocycles. The molecule has 0 spiro atoms. The van der Waals surface area contributed by atoms with E-state index in [0.29, 0.717) is 22.8 Å². The van der Waals surface area contributed by atoms with Gasteiger partial charge in [0.15, 0.2) is 5.69 Å². The van der Waals surface area contributed by atoms with E-state index in [2.05, 4.69) is 10.2 Å². The van der Waals surface area contributed by atoms with Gasteiger partial charge in [-0.3, -0.25) is 4.79 Å². The second-order valence-corrected chi connectivity index (χ2v) is 5.89. The lowest BCUT2D eigenvalue weighted by atomic mass is 10.1. The molecule has 0 aliphatic heterocycles. The van der Waals surface area contributed by atoms with Crippen LogP contribution in [0.25, 0.3) is 10.9 Å². The number of azo groups is 1. The van der Waals surface area contributed by atoms with Crippen LogP contribution in [0.2, 0.25) is 5.02 Å². The summed E-state index contributed by atoms with van der Waals surface area (Å²) in [5, 5.41) is 19.4. The van der Waals surface area contributed by atoms with E-state index in [4.69, 9.17) is 11.6 Å². The Kier molecular flexibility index (Phi) is 4.36. The maximum atomic E-state index is 12.2. The number of halogens is 1. The average molecular weight is 342 g/mol. The molecule has 1 amide bonds. The SMILES string of the molecule is CCn1c(O)c(N=NC(=O)c2cccc(Cl)c2)c2cc(C)ccc21. The minimum absolute atomic E-state index is 0.000689. The molecular formula is C18H16ClN3O2. The number of aromatic hydroxyl groups is 1. The average Bonchev–Trinajstić information content (AvgIpc) is 2.83. The van der Waals surface area contributed by atoms with Gasteiger partial charge in [0.1, 0.15) is 0 Å². The summed E-state index contributed by atoms with van der Waals surface area (Å²) in [4.78, 5) is 12.2. The highest BCUT2D eigenvalue weighted by atomic mass is 35.5. The summed E-state index contributed by atoms with van der Waals surface area (Å²) >= 11 is 5.88. The molecule has 1 N–H and O–H groups in total. The zero-order valence-electron chi connectivity index (χ0n) is 13.3. The Hall–Kier alpha value is -2.66. The molecule has 0 aliphatic carbocycles. The summed E-state index contributed by atoms with van der Waals surface area (Å²) in [6.07, 6.45) is 0. The molecule has 3 rings (SSSR count). The maximum absolute atomic E-state index is 12.2. The molecule has 3 aromatic rings. The lowest BCUT2D eigenvalue weighted by Gasteiger charge is -2.01. The van der Waals surface area contributed by atoms with Gasteiger partial charge in [0, 0.05) is 22.5 Å². The summed E-state index contributed by atoms with van der Waals surface area (Å²) in [6.45, 7) is 4.47. The number of nitrogens with zero attached hydrogens (tertiary/aromatic N) is 3. The van der Waals surface area contributed by atoms with Gasteiger partial charge in [0.2, 0.25) is 5.88 Å². The number of benzene rings is 2. The van der Waals surface area contributed by atoms with Crippen molar-refractivity contribution in [2.75, 3.05) is 0 Å². The van der Waals surface area contributed by atoms with Crippen molar-refractivity contribution in [1.82, 2.24) is 4.57 Å². The molecule has 5 nitrogen and oxygen atoms in total. The van der Waals surface area contributed by atoms with Crippen LogP contribution in [0.1, 0.15) is 22.8 Å². The number of hydrogen-bond donors (Lipinski definition) is 1. The Morgan fingerprint density at radius 3 is 2.75 bits per heavy atom. The Morgan fingerprint density at radius 1 is 1.25 bits per heavy atom. The van der Waals surface area contributed by atoms with Gasteiger partial charge in [-0.25, -0.2) is 0 Å². The zero-order chi connectivity index (χ0) is 17.3. The van der Waals surface area contributed by atoms with E-state index in [0.717, 1.165) is 16.5 Å². The predicted molar refractivity (Wildman–Crippen MR) is 94.3 cm³/mol. The van der Waals surface area contributed by atoms with Gasteiger partial charge in [-0.15, -0.1) is 10.2 Å². The minimum atomic E-state index is -0.512. The van der Waals surface area contributed by atoms with E-state index in [9.17, 15) is 9.90 Å². The van der Waals surface area contributed by atoms with Crippen LogP contribution in [-0.2, 0) is 6.54 Å². The number of fused-ring (bicyclic) bond motifs is 1. The van der Waals surface area contributed by atoms with Gasteiger partial charge in [-0.2, -0.15) is 0 Å². The Bertz CT molecular complexity index is 960. The van der Waals surface area contributed by atoms with Crippen molar-refractivity contribution in [2.24, 2.45) is 10.2 Å². The Labute approximate surface area is 144 Å². The van der Waals surface area contributed by atoms with Gasteiger partial charge in [-0.05, 0) is 44.2 Å². The largest absolute Gasteiger partial charge is 0.493 e. The van der Waals surface area contributed by atoms with E-state index in [1.807, 2.05) is 32.0 Å². The summed E-state index contributed by atoms with van der Waals surface area (Å²) < 4.78 is 1.73. The number of hydrogen-bond acceptors (Lipinski definition) is 3. The summed E-state index contributed by atoms with van der Waals surface area (Å²) in [7, 11) is 0. The number of aromatic nitrogens is 1. The fourth-order valence-electron chi connectivity index (χ4n) is 2.63. The normalized spacial score (nSPS) is 11.5. The number of rotatable bonds is 3. The zero-order valence-corrected chi connectivity index (χ0v) is 14.1. The van der Waals surface area contributed by atoms with Crippen molar-refractivity contribution < 1.29 is 9.90 Å². The number of amides is 1. The first-order valence-electron chi connectivity index (χ1n) is 7.54. The molecule has 24 heavy (non-hydrogen) atoms. The van der Waals surface area contributed by atoms with Crippen LogP contribution in [0.3, 0.4) is 0 Å². The van der Waals surface area contributed by atoms with Gasteiger partial charge < -0.3 is 9.67 Å². The highest BCUT2D eigenvalue weighted by Crippen LogP contribution is 2.39. The van der Waals surface area contributed by atoms with E-state index < -0.39 is 5.91 Å². The Balaban J connectivity index is 2.05. The van der Waals surface area contributed by atoms with Crippen molar-refractivity contribution in [3.8, 4) is 5.88 Å². The quantitative estimate of drug-likeness (QED) is 0.661. The second kappa shape index (κ2) is 6.45. The predicted octanol–water partition coefficient (Wildman–Crippen LogP) is 5.25. The first-order chi connectivity index (χ1) is 11.5. The van der Waals surface area contributed by atoms with E-state index in [1.54, 1.807) is 22.8 Å². The molecule has 0 aliphatic rings. The molecule has 0 bridgehead atoms. The van der Waals surface area contributed by atoms with Gasteiger partial charge in [-0.1, -0.05) is 29.3 Å². The fraction of sp³-hybridized carbons (Fsp3) is 0.167. The molecule has 122 valence electrons. The standard InChI is InChI=1S/C18H16ClN3O2/c1-3-22-15-8-7-11(2)9-14(15)16(18(22)24)20-21-17(23)12-5-4-6-13(19)10-12/h4-10,24H,3H2,1-2H3. The van der Waals surface area contributed by atoms with Gasteiger partial charge >= 0.3 is 0 Å². The molecule has 2 aromatic carbocycles. The van der Waals surface area contributed by atoms with Crippen LogP contribution in [0.5, 0.6) is 5.88 Å². The molecule has 0 unspecified atom stereocenters. The van der Waals surface area contributed by atoms with Crippen molar-refractivity contribution in [3.05, 3.63) is 58.6 Å². The summed E-state index contributed by atoms with van der Waals surface area (Å²) in [6, 6.07) is 12.3. The van der Waals surface area contributed by atoms with Crippen molar-refractivity contribution in [2.45, 2.75) is 20.4 Å². The molecule has 0 saturated heterocycles. The lowest BCUT2D eigenvalue weighted by molar-refractivity contribution is 0.0995. The van der Waals surface area contributed by atoms with Crippen LogP contribution in [-0.4, -0.2) is 15.6 Å². The third-order valence-electron chi connectivity index (χ3n) is 3.79. The topological polar surface area (TPSA) is 66.9 Å². The smallest absolute Gasteiger partial charge is 0.295 e. The van der Waals surface area contributed by atoms with Crippen molar-refractivity contribution in [1.29, 1.82) is 0 Å². The van der Waals surface area contributed by atoms with Crippen LogP contribution >= 0.6 is 11.6 Å². The minimum Gasteiger partial charge on any atom is -0.493 e. The molecule has 0 fully saturated rings. The monoisotopic (exact) mass is 341 g/mol. The van der Waals surface area contributed by atoms with Crippen LogP contribution in [0.15, 0.2) is 52.7 Å². The number of aryl methyl sites for hydroxylation is 2. The van der Waals surface area contributed by atoms with Crippen molar-refractivity contribution >= 4 is 34.1 Å². The maximum Gasteiger partial charge on any atom is 0.295 e. The van der Waals surface area contributed by atoms with Crippen LogP contribution in [0.4, 0.5) is 5.69 Å². The molecule has 0 radical (unpaired) electrons. The third kappa shape index (κ3) is 2.90. The van der Waals surface area contributed by atoms with E-state index in [-0.39, 0.29) is 5.88 Å². The van der Waals surface area contributed by atoms with Crippen LogP contribution < -0.4 is 0 Å². The van der Waals surface area contributed by atoms with Gasteiger partial charge in [0.25, 0.3) is 5.91 Å². The highest BCUT2D eigenvalue weighted by molar-refractivity contribution is 6.30. The summed E-state index contributed by atoms with van der Waals surface area (Å²) in [5.41, 5.74) is 2.53. The van der Waals surface area contributed by atoms with Crippen molar-refractivity contribution in [3.63, 3.8) is 0 Å². The first kappa shape index (κ1) is 16.2. The molecule has 1 aromatic heterocycles. The lowest BCUT2D eigenvalue weighted by Crippen LogP contribution is -1.93. The fourth-order valence-corrected chi connectivity index (χ4v) is 2.82. The Morgan fingerprint density at radius 2 is 2.04 bits per heavy atom. The first-order valence-corrected chi connectivity index (χ1v) is 7.92. The van der Waals surface area contributed by atoms with E-state index >= 15 is 0 Å². The summed E-state index contributed by atoms with van der Waals surface area (Å²) in [5.74, 6) is -0.511. The third-order valence-corrected chi connectivity index (χ3v) is 4.03. The molecule has 6 heteroatoms. The van der Waals surface area contributed by atoms with Gasteiger partial charge in [0.05, 0.1) is 5.52 Å². The number of carbonyl (C=O) groups is 1. The molecule has 0 saturated carbocycles. The highest BCUT2D eigenvalue weighted by Gasteiger charge is 2.16. The van der Waals surface area contributed by atoms with Crippen LogP contribution in [0, 0.1) is 6.92 Å². The number of carbonyl (C=O) groups excluding carboxylic acids is 1. The second-order valence-electron chi connectivity index (χ2n) is 5.45.